The molecule has 0 aromatic carbocycles. The fraction of sp³-hybridized carbons (Fsp3) is 1.00. The molecule has 1 atom stereocenters. The molecule has 0 bridgehead atoms. The van der Waals surface area contributed by atoms with Crippen LogP contribution in [-0.2, 0) is 4.57 Å². The van der Waals surface area contributed by atoms with Crippen LogP contribution in [0.2, 0.25) is 0 Å². The molecule has 3 nitrogen and oxygen atoms in total. The molecule has 0 saturated carbocycles. The van der Waals surface area contributed by atoms with Crippen LogP contribution in [0.3, 0.4) is 0 Å². The zero-order chi connectivity index (χ0) is 9.07. The van der Waals surface area contributed by atoms with E-state index in [2.05, 4.69) is 0 Å². The first-order valence-electron chi connectivity index (χ1n) is 3.91. The molecule has 68 valence electrons. The van der Waals surface area contributed by atoms with Gasteiger partial charge >= 0.3 is 7.60 Å². The zero-order valence-corrected chi connectivity index (χ0v) is 8.21. The maximum Gasteiger partial charge on any atom is 0.325 e. The second kappa shape index (κ2) is 4.24. The summed E-state index contributed by atoms with van der Waals surface area (Å²) in [6.45, 7) is 5.94. The predicted octanol–water partition coefficient (Wildman–Crippen LogP) is 1.85. The first kappa shape index (κ1) is 11.2. The van der Waals surface area contributed by atoms with Gasteiger partial charge in [-0.05, 0) is 11.8 Å². The van der Waals surface area contributed by atoms with Gasteiger partial charge in [0.15, 0.2) is 0 Å². The van der Waals surface area contributed by atoms with E-state index >= 15 is 0 Å². The predicted molar refractivity (Wildman–Crippen MR) is 45.5 cm³/mol. The molecule has 0 aliphatic carbocycles. The second-order valence-electron chi connectivity index (χ2n) is 3.26. The lowest BCUT2D eigenvalue weighted by Gasteiger charge is -2.18. The third-order valence-electron chi connectivity index (χ3n) is 1.94. The van der Waals surface area contributed by atoms with Crippen molar-refractivity contribution < 1.29 is 14.4 Å². The molecule has 0 spiro atoms. The Hall–Kier alpha value is 0.150. The Morgan fingerprint density at radius 1 is 1.36 bits per heavy atom. The summed E-state index contributed by atoms with van der Waals surface area (Å²) in [5.74, 6) is 0.503. The van der Waals surface area contributed by atoms with Gasteiger partial charge in [-0.15, -0.1) is 0 Å². The summed E-state index contributed by atoms with van der Waals surface area (Å²) in [6.07, 6.45) is 0.865. The summed E-state index contributed by atoms with van der Waals surface area (Å²) in [4.78, 5) is 17.4. The molecule has 0 saturated heterocycles. The van der Waals surface area contributed by atoms with Crippen LogP contribution >= 0.6 is 7.60 Å². The first-order valence-corrected chi connectivity index (χ1v) is 5.71. The summed E-state index contributed by atoms with van der Waals surface area (Å²) in [5, 5.41) is 0. The van der Waals surface area contributed by atoms with E-state index in [1.807, 2.05) is 20.8 Å². The highest BCUT2D eigenvalue weighted by molar-refractivity contribution is 7.51. The largest absolute Gasteiger partial charge is 0.325 e. The molecular formula is C7H17O3P. The maximum atomic E-state index is 10.6. The summed E-state index contributed by atoms with van der Waals surface area (Å²) < 4.78 is 10.6. The topological polar surface area (TPSA) is 57.5 Å². The van der Waals surface area contributed by atoms with Crippen molar-refractivity contribution in [3.05, 3.63) is 0 Å². The molecule has 0 aliphatic rings. The van der Waals surface area contributed by atoms with E-state index in [0.717, 1.165) is 6.42 Å². The average Bonchev–Trinajstić information content (AvgIpc) is 1.80. The Morgan fingerprint density at radius 2 is 1.82 bits per heavy atom. The van der Waals surface area contributed by atoms with Crippen LogP contribution < -0.4 is 0 Å². The van der Waals surface area contributed by atoms with E-state index in [0.29, 0.717) is 5.92 Å². The standard InChI is InChI=1S/C7H17O3P/c1-4-7(6(2)3)5-11(8,9)10/h6-7H,4-5H2,1-3H3,(H2,8,9,10). The summed E-state index contributed by atoms with van der Waals surface area (Å²) in [6, 6.07) is 0. The lowest BCUT2D eigenvalue weighted by Crippen LogP contribution is -2.12. The molecule has 0 rings (SSSR count). The molecule has 1 unspecified atom stereocenters. The molecule has 0 amide bonds. The Morgan fingerprint density at radius 3 is 1.91 bits per heavy atom. The Labute approximate surface area is 68.0 Å². The van der Waals surface area contributed by atoms with Gasteiger partial charge in [-0.1, -0.05) is 27.2 Å². The fourth-order valence-corrected chi connectivity index (χ4v) is 2.41. The number of hydrogen-bond donors (Lipinski definition) is 2. The van der Waals surface area contributed by atoms with Gasteiger partial charge in [0.2, 0.25) is 0 Å². The van der Waals surface area contributed by atoms with E-state index in [9.17, 15) is 4.57 Å². The van der Waals surface area contributed by atoms with Crippen molar-refractivity contribution >= 4 is 7.60 Å². The molecule has 0 aromatic rings. The SMILES string of the molecule is CCC(CP(=O)(O)O)C(C)C. The fourth-order valence-electron chi connectivity index (χ4n) is 1.12. The molecule has 4 heteroatoms. The van der Waals surface area contributed by atoms with Crippen molar-refractivity contribution in [1.29, 1.82) is 0 Å². The van der Waals surface area contributed by atoms with E-state index in [1.165, 1.54) is 0 Å². The van der Waals surface area contributed by atoms with Gasteiger partial charge in [0.05, 0.1) is 6.16 Å². The highest BCUT2D eigenvalue weighted by atomic mass is 31.2. The van der Waals surface area contributed by atoms with Gasteiger partial charge in [0.25, 0.3) is 0 Å². The van der Waals surface area contributed by atoms with Crippen molar-refractivity contribution in [1.82, 2.24) is 0 Å². The van der Waals surface area contributed by atoms with Crippen molar-refractivity contribution in [3.63, 3.8) is 0 Å². The van der Waals surface area contributed by atoms with Gasteiger partial charge in [-0.3, -0.25) is 4.57 Å². The summed E-state index contributed by atoms with van der Waals surface area (Å²) in [5.41, 5.74) is 0. The minimum atomic E-state index is -3.79. The lowest BCUT2D eigenvalue weighted by molar-refractivity contribution is 0.335. The van der Waals surface area contributed by atoms with Gasteiger partial charge in [-0.25, -0.2) is 0 Å². The smallest absolute Gasteiger partial charge is 0.324 e. The van der Waals surface area contributed by atoms with Gasteiger partial charge in [0.1, 0.15) is 0 Å². The monoisotopic (exact) mass is 180 g/mol. The Balaban J connectivity index is 3.99. The lowest BCUT2D eigenvalue weighted by atomic mass is 9.96. The molecule has 0 fully saturated rings. The normalized spacial score (nSPS) is 15.5. The van der Waals surface area contributed by atoms with Crippen molar-refractivity contribution in [2.45, 2.75) is 27.2 Å². The highest BCUT2D eigenvalue weighted by Gasteiger charge is 2.22. The van der Waals surface area contributed by atoms with Gasteiger partial charge in [0, 0.05) is 0 Å². The molecule has 0 aromatic heterocycles. The van der Waals surface area contributed by atoms with Crippen LogP contribution in [0.5, 0.6) is 0 Å². The van der Waals surface area contributed by atoms with E-state index in [-0.39, 0.29) is 12.1 Å². The average molecular weight is 180 g/mol. The minimum Gasteiger partial charge on any atom is -0.324 e. The Kier molecular flexibility index (Phi) is 4.30. The molecule has 11 heavy (non-hydrogen) atoms. The first-order chi connectivity index (χ1) is 4.87. The zero-order valence-electron chi connectivity index (χ0n) is 7.32. The van der Waals surface area contributed by atoms with Crippen molar-refractivity contribution in [3.8, 4) is 0 Å². The van der Waals surface area contributed by atoms with E-state index in [1.54, 1.807) is 0 Å². The quantitative estimate of drug-likeness (QED) is 0.649. The third kappa shape index (κ3) is 5.42. The summed E-state index contributed by atoms with van der Waals surface area (Å²) in [7, 11) is -3.79. The van der Waals surface area contributed by atoms with Crippen LogP contribution in [0, 0.1) is 11.8 Å². The number of rotatable bonds is 4. The van der Waals surface area contributed by atoms with Gasteiger partial charge in [-0.2, -0.15) is 0 Å². The van der Waals surface area contributed by atoms with Crippen molar-refractivity contribution in [2.24, 2.45) is 11.8 Å². The summed E-state index contributed by atoms with van der Waals surface area (Å²) >= 11 is 0. The molecule has 0 aliphatic heterocycles. The highest BCUT2D eigenvalue weighted by Crippen LogP contribution is 2.39. The van der Waals surface area contributed by atoms with E-state index < -0.39 is 7.60 Å². The Bertz CT molecular complexity index is 150. The second-order valence-corrected chi connectivity index (χ2v) is 4.95. The third-order valence-corrected chi connectivity index (χ3v) is 2.88. The molecule has 0 heterocycles. The molecule has 2 N–H and O–H groups in total. The van der Waals surface area contributed by atoms with Crippen LogP contribution in [-0.4, -0.2) is 15.9 Å². The van der Waals surface area contributed by atoms with Crippen molar-refractivity contribution in [2.75, 3.05) is 6.16 Å². The number of hydrogen-bond acceptors (Lipinski definition) is 1. The molecule has 0 radical (unpaired) electrons. The van der Waals surface area contributed by atoms with Crippen LogP contribution in [0.15, 0.2) is 0 Å². The minimum absolute atomic E-state index is 0.0289. The van der Waals surface area contributed by atoms with Crippen LogP contribution in [0.4, 0.5) is 0 Å². The molecular weight excluding hydrogens is 163 g/mol. The van der Waals surface area contributed by atoms with E-state index in [4.69, 9.17) is 9.79 Å². The van der Waals surface area contributed by atoms with Crippen LogP contribution in [0.1, 0.15) is 27.2 Å². The van der Waals surface area contributed by atoms with Gasteiger partial charge < -0.3 is 9.79 Å². The maximum absolute atomic E-state index is 10.6. The van der Waals surface area contributed by atoms with Crippen LogP contribution in [0.25, 0.3) is 0 Å².